The summed E-state index contributed by atoms with van der Waals surface area (Å²) in [6.45, 7) is 1.17. The Morgan fingerprint density at radius 1 is 1.29 bits per heavy atom. The molecule has 0 aliphatic heterocycles. The summed E-state index contributed by atoms with van der Waals surface area (Å²) < 4.78 is 0. The van der Waals surface area contributed by atoms with Crippen LogP contribution in [0.2, 0.25) is 0 Å². The molecule has 7 nitrogen and oxygen atoms in total. The van der Waals surface area contributed by atoms with Gasteiger partial charge in [0.25, 0.3) is 0 Å². The molecule has 0 atom stereocenters. The minimum atomic E-state index is -0.696. The number of hydrogen-bond donors (Lipinski definition) is 4. The highest BCUT2D eigenvalue weighted by atomic mass is 16.4. The molecule has 0 spiro atoms. The Bertz CT molecular complexity index is 453. The fourth-order valence-electron chi connectivity index (χ4n) is 2.65. The number of carbonyl (C=O) groups is 2. The van der Waals surface area contributed by atoms with Crippen LogP contribution in [0, 0.1) is 11.8 Å². The van der Waals surface area contributed by atoms with E-state index < -0.39 is 5.97 Å². The Hall–Kier alpha value is -2.05. The molecule has 4 N–H and O–H groups in total. The number of hydrogen-bond acceptors (Lipinski definition) is 3. The van der Waals surface area contributed by atoms with Crippen LogP contribution in [0.4, 0.5) is 4.79 Å². The number of carbonyl (C=O) groups excluding carboxylic acids is 1. The number of aromatic nitrogens is 2. The van der Waals surface area contributed by atoms with E-state index in [2.05, 4.69) is 20.6 Å². The molecule has 1 aromatic heterocycles. The third kappa shape index (κ3) is 5.09. The van der Waals surface area contributed by atoms with Gasteiger partial charge in [-0.2, -0.15) is 0 Å². The van der Waals surface area contributed by atoms with Crippen LogP contribution in [0.1, 0.15) is 31.4 Å². The number of imidazole rings is 1. The number of carboxylic acid groups (broad SMARTS) is 1. The number of H-pyrrole nitrogens is 1. The normalized spacial score (nSPS) is 21.7. The largest absolute Gasteiger partial charge is 0.481 e. The lowest BCUT2D eigenvalue weighted by Crippen LogP contribution is -2.40. The molecule has 2 amide bonds. The zero-order chi connectivity index (χ0) is 15.1. The van der Waals surface area contributed by atoms with E-state index in [9.17, 15) is 9.59 Å². The zero-order valence-corrected chi connectivity index (χ0v) is 12.0. The number of urea groups is 1. The average molecular weight is 294 g/mol. The van der Waals surface area contributed by atoms with Crippen molar-refractivity contribution < 1.29 is 14.7 Å². The lowest BCUT2D eigenvalue weighted by Gasteiger charge is -2.26. The predicted molar refractivity (Wildman–Crippen MR) is 76.8 cm³/mol. The summed E-state index contributed by atoms with van der Waals surface area (Å²) in [5, 5.41) is 14.6. The van der Waals surface area contributed by atoms with Crippen molar-refractivity contribution in [1.29, 1.82) is 0 Å². The topological polar surface area (TPSA) is 107 Å². The summed E-state index contributed by atoms with van der Waals surface area (Å²) in [6.07, 6.45) is 7.23. The van der Waals surface area contributed by atoms with Gasteiger partial charge in [0, 0.05) is 31.4 Å². The van der Waals surface area contributed by atoms with Gasteiger partial charge in [0.2, 0.25) is 0 Å². The molecule has 1 saturated carbocycles. The lowest BCUT2D eigenvalue weighted by atomic mass is 9.82. The number of aliphatic carboxylic acids is 1. The molecule has 2 rings (SSSR count). The minimum Gasteiger partial charge on any atom is -0.481 e. The van der Waals surface area contributed by atoms with E-state index in [0.717, 1.165) is 25.0 Å². The highest BCUT2D eigenvalue weighted by molar-refractivity contribution is 5.73. The standard InChI is InChI=1S/C14H22N4O3/c19-13(20)11-3-1-10(2-4-11)7-17-14(21)16-6-5-12-8-15-9-18-12/h8-11H,1-7H2,(H,15,18)(H,19,20)(H2,16,17,21). The van der Waals surface area contributed by atoms with Crippen molar-refractivity contribution in [1.82, 2.24) is 20.6 Å². The van der Waals surface area contributed by atoms with Crippen molar-refractivity contribution in [3.8, 4) is 0 Å². The second-order valence-electron chi connectivity index (χ2n) is 5.52. The number of nitrogens with zero attached hydrogens (tertiary/aromatic N) is 1. The third-order valence-electron chi connectivity index (χ3n) is 3.98. The highest BCUT2D eigenvalue weighted by Crippen LogP contribution is 2.28. The van der Waals surface area contributed by atoms with Crippen LogP contribution in [0.25, 0.3) is 0 Å². The first-order valence-corrected chi connectivity index (χ1v) is 7.37. The van der Waals surface area contributed by atoms with Crippen LogP contribution in [0.15, 0.2) is 12.5 Å². The molecule has 0 radical (unpaired) electrons. The van der Waals surface area contributed by atoms with E-state index in [4.69, 9.17) is 5.11 Å². The molecule has 1 aromatic rings. The first-order valence-electron chi connectivity index (χ1n) is 7.37. The van der Waals surface area contributed by atoms with Gasteiger partial charge in [-0.05, 0) is 31.6 Å². The monoisotopic (exact) mass is 294 g/mol. The molecule has 0 bridgehead atoms. The molecule has 0 saturated heterocycles. The van der Waals surface area contributed by atoms with E-state index in [1.54, 1.807) is 12.5 Å². The van der Waals surface area contributed by atoms with Gasteiger partial charge in [0.05, 0.1) is 12.2 Å². The quantitative estimate of drug-likeness (QED) is 0.631. The van der Waals surface area contributed by atoms with Crippen molar-refractivity contribution >= 4 is 12.0 Å². The maximum atomic E-state index is 11.6. The molecule has 1 aliphatic rings. The molecular formula is C14H22N4O3. The van der Waals surface area contributed by atoms with Gasteiger partial charge in [0.15, 0.2) is 0 Å². The van der Waals surface area contributed by atoms with E-state index in [-0.39, 0.29) is 11.9 Å². The van der Waals surface area contributed by atoms with Crippen molar-refractivity contribution in [2.45, 2.75) is 32.1 Å². The summed E-state index contributed by atoms with van der Waals surface area (Å²) in [7, 11) is 0. The summed E-state index contributed by atoms with van der Waals surface area (Å²) in [5.41, 5.74) is 0.988. The van der Waals surface area contributed by atoms with E-state index in [1.807, 2.05) is 0 Å². The fourth-order valence-corrected chi connectivity index (χ4v) is 2.65. The van der Waals surface area contributed by atoms with Crippen LogP contribution in [-0.4, -0.2) is 40.2 Å². The van der Waals surface area contributed by atoms with Gasteiger partial charge >= 0.3 is 12.0 Å². The summed E-state index contributed by atoms with van der Waals surface area (Å²) in [4.78, 5) is 29.4. The Labute approximate surface area is 123 Å². The minimum absolute atomic E-state index is 0.171. The maximum absolute atomic E-state index is 11.6. The average Bonchev–Trinajstić information content (AvgIpc) is 2.99. The molecule has 21 heavy (non-hydrogen) atoms. The van der Waals surface area contributed by atoms with Crippen LogP contribution in [0.5, 0.6) is 0 Å². The van der Waals surface area contributed by atoms with Gasteiger partial charge < -0.3 is 20.7 Å². The first-order chi connectivity index (χ1) is 10.1. The third-order valence-corrected chi connectivity index (χ3v) is 3.98. The van der Waals surface area contributed by atoms with Crippen molar-refractivity contribution in [2.24, 2.45) is 11.8 Å². The Balaban J connectivity index is 1.56. The van der Waals surface area contributed by atoms with Crippen LogP contribution in [0.3, 0.4) is 0 Å². The molecule has 1 fully saturated rings. The van der Waals surface area contributed by atoms with Gasteiger partial charge in [-0.1, -0.05) is 0 Å². The molecule has 1 aliphatic carbocycles. The first kappa shape index (κ1) is 15.3. The molecule has 116 valence electrons. The Morgan fingerprint density at radius 3 is 2.67 bits per heavy atom. The van der Waals surface area contributed by atoms with E-state index in [1.165, 1.54) is 0 Å². The summed E-state index contributed by atoms with van der Waals surface area (Å²) >= 11 is 0. The van der Waals surface area contributed by atoms with E-state index in [0.29, 0.717) is 31.8 Å². The van der Waals surface area contributed by atoms with Gasteiger partial charge in [-0.15, -0.1) is 0 Å². The summed E-state index contributed by atoms with van der Waals surface area (Å²) in [6, 6.07) is -0.171. The maximum Gasteiger partial charge on any atom is 0.314 e. The van der Waals surface area contributed by atoms with Crippen molar-refractivity contribution in [3.05, 3.63) is 18.2 Å². The van der Waals surface area contributed by atoms with Crippen LogP contribution < -0.4 is 10.6 Å². The lowest BCUT2D eigenvalue weighted by molar-refractivity contribution is -0.143. The zero-order valence-electron chi connectivity index (χ0n) is 12.0. The molecule has 1 heterocycles. The van der Waals surface area contributed by atoms with Crippen molar-refractivity contribution in [2.75, 3.05) is 13.1 Å². The van der Waals surface area contributed by atoms with Crippen LogP contribution in [-0.2, 0) is 11.2 Å². The number of aromatic amines is 1. The van der Waals surface area contributed by atoms with E-state index >= 15 is 0 Å². The number of amides is 2. The van der Waals surface area contributed by atoms with Crippen molar-refractivity contribution in [3.63, 3.8) is 0 Å². The molecule has 0 unspecified atom stereocenters. The smallest absolute Gasteiger partial charge is 0.314 e. The van der Waals surface area contributed by atoms with Crippen LogP contribution >= 0.6 is 0 Å². The van der Waals surface area contributed by atoms with Gasteiger partial charge in [-0.25, -0.2) is 9.78 Å². The number of carboxylic acids is 1. The Kier molecular flexibility index (Phi) is 5.59. The molecule has 7 heteroatoms. The molecule has 0 aromatic carbocycles. The summed E-state index contributed by atoms with van der Waals surface area (Å²) in [5.74, 6) is -0.513. The second-order valence-corrected chi connectivity index (χ2v) is 5.52. The highest BCUT2D eigenvalue weighted by Gasteiger charge is 2.25. The fraction of sp³-hybridized carbons (Fsp3) is 0.643. The SMILES string of the molecule is O=C(NCCc1cnc[nH]1)NCC1CCC(C(=O)O)CC1. The van der Waals surface area contributed by atoms with Gasteiger partial charge in [-0.3, -0.25) is 4.79 Å². The number of rotatable bonds is 6. The molecular weight excluding hydrogens is 272 g/mol. The Morgan fingerprint density at radius 2 is 2.05 bits per heavy atom. The number of nitrogens with one attached hydrogen (secondary N) is 3. The predicted octanol–water partition coefficient (Wildman–Crippen LogP) is 1.14. The van der Waals surface area contributed by atoms with Gasteiger partial charge in [0.1, 0.15) is 0 Å². The second kappa shape index (κ2) is 7.66.